The Morgan fingerprint density at radius 3 is 2.61 bits per heavy atom. The van der Waals surface area contributed by atoms with Crippen LogP contribution in [0, 0.1) is 19.3 Å². The molecule has 92 valence electrons. The van der Waals surface area contributed by atoms with Crippen LogP contribution in [0.15, 0.2) is 18.2 Å². The lowest BCUT2D eigenvalue weighted by molar-refractivity contribution is 0.474. The van der Waals surface area contributed by atoms with Crippen LogP contribution in [0.4, 0.5) is 0 Å². The van der Waals surface area contributed by atoms with Crippen LogP contribution in [-0.4, -0.2) is 10.2 Å². The van der Waals surface area contributed by atoms with Crippen molar-refractivity contribution in [3.05, 3.63) is 39.6 Å². The van der Waals surface area contributed by atoms with Gasteiger partial charge >= 0.3 is 0 Å². The highest BCUT2D eigenvalue weighted by atomic mass is 35.5. The molecule has 0 aliphatic carbocycles. The third-order valence-corrected chi connectivity index (χ3v) is 2.73. The molecule has 0 bridgehead atoms. The summed E-state index contributed by atoms with van der Waals surface area (Å²) in [6.45, 7) is 1.83. The first-order valence-electron chi connectivity index (χ1n) is 5.21. The Labute approximate surface area is 115 Å². The Morgan fingerprint density at radius 1 is 1.33 bits per heavy atom. The maximum absolute atomic E-state index is 5.91. The van der Waals surface area contributed by atoms with E-state index in [9.17, 15) is 0 Å². The number of aromatic nitrogens is 2. The van der Waals surface area contributed by atoms with E-state index in [0.717, 1.165) is 11.4 Å². The molecule has 0 radical (unpaired) electrons. The number of nitrogens with zero attached hydrogens (tertiary/aromatic N) is 1. The van der Waals surface area contributed by atoms with Crippen molar-refractivity contribution in [2.75, 3.05) is 0 Å². The summed E-state index contributed by atoms with van der Waals surface area (Å²) < 4.78 is 5.74. The Kier molecular flexibility index (Phi) is 3.81. The molecule has 0 atom stereocenters. The Balaban J connectivity index is 2.33. The zero-order valence-corrected chi connectivity index (χ0v) is 11.1. The van der Waals surface area contributed by atoms with E-state index in [1.807, 2.05) is 6.92 Å². The van der Waals surface area contributed by atoms with Crippen LogP contribution >= 0.6 is 23.2 Å². The highest BCUT2D eigenvalue weighted by Gasteiger charge is 2.12. The summed E-state index contributed by atoms with van der Waals surface area (Å²) in [7, 11) is 0. The largest absolute Gasteiger partial charge is 0.453 e. The van der Waals surface area contributed by atoms with E-state index in [0.29, 0.717) is 28.0 Å². The molecular weight excluding hydrogens is 271 g/mol. The molecule has 0 saturated heterocycles. The number of hydrogen-bond donors (Lipinski definition) is 1. The van der Waals surface area contributed by atoms with E-state index in [1.54, 1.807) is 18.2 Å². The second kappa shape index (κ2) is 5.34. The van der Waals surface area contributed by atoms with Gasteiger partial charge in [-0.25, -0.2) is 0 Å². The van der Waals surface area contributed by atoms with Crippen molar-refractivity contribution in [3.63, 3.8) is 0 Å². The van der Waals surface area contributed by atoms with E-state index in [2.05, 4.69) is 16.1 Å². The van der Waals surface area contributed by atoms with Crippen molar-refractivity contribution in [2.45, 2.75) is 13.3 Å². The maximum atomic E-state index is 5.91. The Bertz CT molecular complexity index is 594. The van der Waals surface area contributed by atoms with Gasteiger partial charge in [-0.3, -0.25) is 5.10 Å². The number of aryl methyl sites for hydroxylation is 1. The molecule has 1 N–H and O–H groups in total. The third kappa shape index (κ3) is 2.79. The lowest BCUT2D eigenvalue weighted by Gasteiger charge is -2.07. The zero-order valence-electron chi connectivity index (χ0n) is 9.63. The maximum Gasteiger partial charge on any atom is 0.172 e. The standard InChI is InChI=1S/C13H10Cl2N2O/c1-3-4-12-13(8(2)16-17-12)18-11-6-9(14)5-10(15)7-11/h1,5-7H,4H2,2H3,(H,16,17). The number of nitrogens with one attached hydrogen (secondary N) is 1. The van der Waals surface area contributed by atoms with Crippen molar-refractivity contribution >= 4 is 23.2 Å². The molecule has 0 aliphatic rings. The fraction of sp³-hybridized carbons (Fsp3) is 0.154. The molecular formula is C13H10Cl2N2O. The van der Waals surface area contributed by atoms with Crippen LogP contribution < -0.4 is 4.74 Å². The minimum Gasteiger partial charge on any atom is -0.453 e. The number of halogens is 2. The summed E-state index contributed by atoms with van der Waals surface area (Å²) in [5.41, 5.74) is 1.49. The van der Waals surface area contributed by atoms with Crippen LogP contribution in [0.1, 0.15) is 11.4 Å². The fourth-order valence-electron chi connectivity index (χ4n) is 1.53. The first kappa shape index (κ1) is 12.8. The average molecular weight is 281 g/mol. The van der Waals surface area contributed by atoms with Gasteiger partial charge in [0, 0.05) is 10.0 Å². The Hall–Kier alpha value is -1.63. The van der Waals surface area contributed by atoms with Crippen LogP contribution in [0.2, 0.25) is 10.0 Å². The van der Waals surface area contributed by atoms with Gasteiger partial charge in [-0.05, 0) is 25.1 Å². The van der Waals surface area contributed by atoms with Gasteiger partial charge < -0.3 is 4.74 Å². The van der Waals surface area contributed by atoms with Crippen LogP contribution in [0.3, 0.4) is 0 Å². The van der Waals surface area contributed by atoms with Crippen LogP contribution in [0.5, 0.6) is 11.5 Å². The summed E-state index contributed by atoms with van der Waals surface area (Å²) in [5, 5.41) is 7.93. The quantitative estimate of drug-likeness (QED) is 0.864. The number of rotatable bonds is 3. The summed E-state index contributed by atoms with van der Waals surface area (Å²) >= 11 is 11.8. The van der Waals surface area contributed by atoms with Gasteiger partial charge in [0.05, 0.1) is 12.1 Å². The van der Waals surface area contributed by atoms with Gasteiger partial charge in [0.25, 0.3) is 0 Å². The predicted octanol–water partition coefficient (Wildman–Crippen LogP) is 3.99. The van der Waals surface area contributed by atoms with Gasteiger partial charge in [0.15, 0.2) is 5.75 Å². The van der Waals surface area contributed by atoms with Gasteiger partial charge in [-0.1, -0.05) is 23.2 Å². The lowest BCUT2D eigenvalue weighted by Crippen LogP contribution is -1.90. The molecule has 2 rings (SSSR count). The lowest BCUT2D eigenvalue weighted by atomic mass is 10.2. The number of aromatic amines is 1. The SMILES string of the molecule is C#CCc1[nH]nc(C)c1Oc1cc(Cl)cc(Cl)c1. The molecule has 0 unspecified atom stereocenters. The van der Waals surface area contributed by atoms with Gasteiger partial charge in [0.2, 0.25) is 0 Å². The van der Waals surface area contributed by atoms with Crippen LogP contribution in [0.25, 0.3) is 0 Å². The first-order chi connectivity index (χ1) is 8.60. The van der Waals surface area contributed by atoms with Crippen LogP contribution in [-0.2, 0) is 6.42 Å². The van der Waals surface area contributed by atoms with Gasteiger partial charge in [-0.2, -0.15) is 5.10 Å². The van der Waals surface area contributed by atoms with E-state index in [4.69, 9.17) is 34.4 Å². The molecule has 5 heteroatoms. The first-order valence-corrected chi connectivity index (χ1v) is 5.97. The van der Waals surface area contributed by atoms with Crippen molar-refractivity contribution in [2.24, 2.45) is 0 Å². The zero-order chi connectivity index (χ0) is 13.1. The third-order valence-electron chi connectivity index (χ3n) is 2.30. The van der Waals surface area contributed by atoms with E-state index in [1.165, 1.54) is 0 Å². The molecule has 1 heterocycles. The number of terminal acetylenes is 1. The molecule has 0 amide bonds. The van der Waals surface area contributed by atoms with E-state index < -0.39 is 0 Å². The minimum atomic E-state index is 0.421. The highest BCUT2D eigenvalue weighted by Crippen LogP contribution is 2.31. The summed E-state index contributed by atoms with van der Waals surface area (Å²) in [5.74, 6) is 3.71. The fourth-order valence-corrected chi connectivity index (χ4v) is 2.04. The molecule has 0 fully saturated rings. The van der Waals surface area contributed by atoms with Gasteiger partial charge in [-0.15, -0.1) is 12.3 Å². The monoisotopic (exact) mass is 280 g/mol. The van der Waals surface area contributed by atoms with Gasteiger partial charge in [0.1, 0.15) is 11.4 Å². The van der Waals surface area contributed by atoms with Crippen molar-refractivity contribution in [1.82, 2.24) is 10.2 Å². The summed E-state index contributed by atoms with van der Waals surface area (Å²) in [6.07, 6.45) is 5.71. The molecule has 0 aliphatic heterocycles. The predicted molar refractivity (Wildman–Crippen MR) is 72.4 cm³/mol. The molecule has 0 spiro atoms. The second-order valence-electron chi connectivity index (χ2n) is 3.70. The smallest absolute Gasteiger partial charge is 0.172 e. The van der Waals surface area contributed by atoms with E-state index in [-0.39, 0.29) is 0 Å². The van der Waals surface area contributed by atoms with E-state index >= 15 is 0 Å². The number of H-pyrrole nitrogens is 1. The number of benzene rings is 1. The molecule has 2 aromatic rings. The molecule has 3 nitrogen and oxygen atoms in total. The summed E-state index contributed by atoms with van der Waals surface area (Å²) in [6, 6.07) is 5.00. The normalized spacial score (nSPS) is 10.1. The van der Waals surface area contributed by atoms with Crippen molar-refractivity contribution in [3.8, 4) is 23.8 Å². The number of ether oxygens (including phenoxy) is 1. The topological polar surface area (TPSA) is 37.9 Å². The molecule has 1 aromatic carbocycles. The number of hydrogen-bond acceptors (Lipinski definition) is 2. The summed E-state index contributed by atoms with van der Waals surface area (Å²) in [4.78, 5) is 0. The molecule has 18 heavy (non-hydrogen) atoms. The highest BCUT2D eigenvalue weighted by molar-refractivity contribution is 6.34. The molecule has 0 saturated carbocycles. The average Bonchev–Trinajstić information content (AvgIpc) is 2.61. The molecule has 1 aromatic heterocycles. The Morgan fingerprint density at radius 2 is 2.00 bits per heavy atom. The van der Waals surface area contributed by atoms with Crippen molar-refractivity contribution < 1.29 is 4.74 Å². The second-order valence-corrected chi connectivity index (χ2v) is 4.58. The van der Waals surface area contributed by atoms with Crippen molar-refractivity contribution in [1.29, 1.82) is 0 Å². The minimum absolute atomic E-state index is 0.421.